The number of nitrogens with zero attached hydrogens (tertiary/aromatic N) is 3. The van der Waals surface area contributed by atoms with Crippen LogP contribution in [-0.2, 0) is 12.4 Å². The van der Waals surface area contributed by atoms with Gasteiger partial charge in [-0.3, -0.25) is 0 Å². The number of rotatable bonds is 5. The first kappa shape index (κ1) is 13.8. The van der Waals surface area contributed by atoms with Gasteiger partial charge in [0, 0.05) is 11.8 Å². The van der Waals surface area contributed by atoms with E-state index in [-0.39, 0.29) is 6.61 Å². The Morgan fingerprint density at radius 3 is 2.67 bits per heavy atom. The quantitative estimate of drug-likeness (QED) is 0.730. The smallest absolute Gasteiger partial charge is 0.237 e. The van der Waals surface area contributed by atoms with Gasteiger partial charge >= 0.3 is 0 Å². The second-order valence-electron chi connectivity index (χ2n) is 4.32. The van der Waals surface area contributed by atoms with Gasteiger partial charge in [-0.1, -0.05) is 47.3 Å². The van der Waals surface area contributed by atoms with Crippen LogP contribution < -0.4 is 0 Å². The van der Waals surface area contributed by atoms with Crippen LogP contribution in [0, 0.1) is 0 Å². The molecule has 0 atom stereocenters. The van der Waals surface area contributed by atoms with Gasteiger partial charge in [-0.2, -0.15) is 4.98 Å². The molecule has 0 aliphatic carbocycles. The fraction of sp³-hybridized carbons (Fsp3) is 0.133. The van der Waals surface area contributed by atoms with Crippen molar-refractivity contribution in [3.05, 3.63) is 60.1 Å². The summed E-state index contributed by atoms with van der Waals surface area (Å²) in [5.41, 5.74) is 1.72. The molecule has 2 aromatic heterocycles. The maximum atomic E-state index is 9.02. The summed E-state index contributed by atoms with van der Waals surface area (Å²) < 4.78 is 5.24. The molecule has 0 spiro atoms. The number of hydrogen-bond acceptors (Lipinski definition) is 6. The monoisotopic (exact) mass is 299 g/mol. The molecule has 0 aliphatic heterocycles. The highest BCUT2D eigenvalue weighted by atomic mass is 32.2. The van der Waals surface area contributed by atoms with Crippen molar-refractivity contribution in [1.82, 2.24) is 15.1 Å². The summed E-state index contributed by atoms with van der Waals surface area (Å²) in [4.78, 5) is 8.59. The van der Waals surface area contributed by atoms with Crippen molar-refractivity contribution in [3.8, 4) is 11.4 Å². The van der Waals surface area contributed by atoms with Crippen LogP contribution in [0.2, 0.25) is 0 Å². The number of aromatic nitrogens is 3. The van der Waals surface area contributed by atoms with Gasteiger partial charge in [0.1, 0.15) is 0 Å². The highest BCUT2D eigenvalue weighted by Crippen LogP contribution is 2.22. The van der Waals surface area contributed by atoms with Crippen LogP contribution in [-0.4, -0.2) is 20.2 Å². The number of hydrogen-bond donors (Lipinski definition) is 1. The molecule has 0 saturated heterocycles. The molecule has 0 bridgehead atoms. The largest absolute Gasteiger partial charge is 0.392 e. The molecule has 1 aromatic carbocycles. The zero-order valence-electron chi connectivity index (χ0n) is 11.1. The van der Waals surface area contributed by atoms with Gasteiger partial charge in [0.05, 0.1) is 17.4 Å². The van der Waals surface area contributed by atoms with Crippen LogP contribution in [0.25, 0.3) is 11.4 Å². The molecule has 0 fully saturated rings. The third kappa shape index (κ3) is 3.48. The highest BCUT2D eigenvalue weighted by molar-refractivity contribution is 7.98. The van der Waals surface area contributed by atoms with Crippen molar-refractivity contribution in [2.75, 3.05) is 0 Å². The van der Waals surface area contributed by atoms with Gasteiger partial charge < -0.3 is 9.63 Å². The van der Waals surface area contributed by atoms with Crippen molar-refractivity contribution >= 4 is 11.8 Å². The molecule has 0 radical (unpaired) electrons. The second-order valence-corrected chi connectivity index (χ2v) is 5.32. The lowest BCUT2D eigenvalue weighted by Gasteiger charge is -1.97. The summed E-state index contributed by atoms with van der Waals surface area (Å²) in [5.74, 6) is 1.70. The van der Waals surface area contributed by atoms with E-state index in [4.69, 9.17) is 9.63 Å². The summed E-state index contributed by atoms with van der Waals surface area (Å²) in [7, 11) is 0. The third-order valence-electron chi connectivity index (χ3n) is 2.84. The molecule has 0 aliphatic rings. The van der Waals surface area contributed by atoms with Crippen LogP contribution in [0.15, 0.2) is 58.2 Å². The second kappa shape index (κ2) is 6.51. The Morgan fingerprint density at radius 2 is 1.95 bits per heavy atom. The van der Waals surface area contributed by atoms with Crippen LogP contribution in [0.4, 0.5) is 0 Å². The summed E-state index contributed by atoms with van der Waals surface area (Å²) >= 11 is 1.55. The predicted octanol–water partition coefficient (Wildman–Crippen LogP) is 2.92. The van der Waals surface area contributed by atoms with Crippen LogP contribution in [0.1, 0.15) is 11.5 Å². The maximum absolute atomic E-state index is 9.02. The average molecular weight is 299 g/mol. The SMILES string of the molecule is OCc1ccc(-c2noc(CSc3ccccn3)n2)cc1. The van der Waals surface area contributed by atoms with Crippen LogP contribution in [0.5, 0.6) is 0 Å². The van der Waals surface area contributed by atoms with E-state index in [0.29, 0.717) is 17.5 Å². The van der Waals surface area contributed by atoms with E-state index in [1.165, 1.54) is 0 Å². The zero-order chi connectivity index (χ0) is 14.5. The topological polar surface area (TPSA) is 72.0 Å². The fourth-order valence-electron chi connectivity index (χ4n) is 1.76. The average Bonchev–Trinajstić information content (AvgIpc) is 3.03. The zero-order valence-corrected chi connectivity index (χ0v) is 12.0. The Kier molecular flexibility index (Phi) is 4.28. The van der Waals surface area contributed by atoms with E-state index in [9.17, 15) is 0 Å². The summed E-state index contributed by atoms with van der Waals surface area (Å²) in [6, 6.07) is 13.2. The van der Waals surface area contributed by atoms with Gasteiger partial charge in [0.2, 0.25) is 11.7 Å². The van der Waals surface area contributed by atoms with Crippen molar-refractivity contribution in [3.63, 3.8) is 0 Å². The predicted molar refractivity (Wildman–Crippen MR) is 79.5 cm³/mol. The molecule has 106 valence electrons. The van der Waals surface area contributed by atoms with Gasteiger partial charge in [-0.15, -0.1) is 0 Å². The van der Waals surface area contributed by atoms with Crippen molar-refractivity contribution in [2.24, 2.45) is 0 Å². The molecule has 1 N–H and O–H groups in total. The van der Waals surface area contributed by atoms with Gasteiger partial charge in [0.25, 0.3) is 0 Å². The fourth-order valence-corrected chi connectivity index (χ4v) is 2.46. The first-order valence-electron chi connectivity index (χ1n) is 6.42. The molecule has 5 nitrogen and oxygen atoms in total. The Morgan fingerprint density at radius 1 is 1.10 bits per heavy atom. The van der Waals surface area contributed by atoms with Gasteiger partial charge in [0.15, 0.2) is 0 Å². The Hall–Kier alpha value is -2.18. The minimum Gasteiger partial charge on any atom is -0.392 e. The standard InChI is InChI=1S/C15H13N3O2S/c19-9-11-4-6-12(7-5-11)15-17-13(20-18-15)10-21-14-3-1-2-8-16-14/h1-8,19H,9-10H2. The number of aliphatic hydroxyl groups excluding tert-OH is 1. The molecule has 21 heavy (non-hydrogen) atoms. The van der Waals surface area contributed by atoms with Crippen molar-refractivity contribution in [1.29, 1.82) is 0 Å². The first-order chi connectivity index (χ1) is 10.3. The molecule has 0 unspecified atom stereocenters. The van der Waals surface area contributed by atoms with E-state index in [2.05, 4.69) is 15.1 Å². The molecule has 2 heterocycles. The van der Waals surface area contributed by atoms with E-state index in [0.717, 1.165) is 16.2 Å². The lowest BCUT2D eigenvalue weighted by Crippen LogP contribution is -1.86. The maximum Gasteiger partial charge on any atom is 0.237 e. The van der Waals surface area contributed by atoms with E-state index in [1.807, 2.05) is 42.5 Å². The van der Waals surface area contributed by atoms with Crippen molar-refractivity contribution in [2.45, 2.75) is 17.4 Å². The Balaban J connectivity index is 1.68. The van der Waals surface area contributed by atoms with Crippen molar-refractivity contribution < 1.29 is 9.63 Å². The number of pyridine rings is 1. The molecule has 3 aromatic rings. The lowest BCUT2D eigenvalue weighted by atomic mass is 10.1. The molecular weight excluding hydrogens is 286 g/mol. The Labute approximate surface area is 126 Å². The van der Waals surface area contributed by atoms with Gasteiger partial charge in [-0.25, -0.2) is 4.98 Å². The number of aliphatic hydroxyl groups is 1. The molecule has 3 rings (SSSR count). The first-order valence-corrected chi connectivity index (χ1v) is 7.40. The number of benzene rings is 1. The molecule has 0 amide bonds. The van der Waals surface area contributed by atoms with Crippen LogP contribution in [0.3, 0.4) is 0 Å². The summed E-state index contributed by atoms with van der Waals surface area (Å²) in [6.45, 7) is 0.0263. The molecular formula is C15H13N3O2S. The minimum absolute atomic E-state index is 0.0263. The molecule has 0 saturated carbocycles. The summed E-state index contributed by atoms with van der Waals surface area (Å²) in [5, 5.41) is 13.9. The van der Waals surface area contributed by atoms with E-state index in [1.54, 1.807) is 18.0 Å². The van der Waals surface area contributed by atoms with Gasteiger partial charge in [-0.05, 0) is 17.7 Å². The molecule has 6 heteroatoms. The Bertz CT molecular complexity index is 698. The van der Waals surface area contributed by atoms with E-state index < -0.39 is 0 Å². The minimum atomic E-state index is 0.0263. The van der Waals surface area contributed by atoms with E-state index >= 15 is 0 Å². The third-order valence-corrected chi connectivity index (χ3v) is 3.77. The lowest BCUT2D eigenvalue weighted by molar-refractivity contribution is 0.282. The highest BCUT2D eigenvalue weighted by Gasteiger charge is 2.09. The van der Waals surface area contributed by atoms with Crippen LogP contribution >= 0.6 is 11.8 Å². The summed E-state index contributed by atoms with van der Waals surface area (Å²) in [6.07, 6.45) is 1.75. The normalized spacial score (nSPS) is 10.7. The number of thioether (sulfide) groups is 1.